The van der Waals surface area contributed by atoms with Crippen LogP contribution < -0.4 is 0 Å². The minimum absolute atomic E-state index is 0.134. The van der Waals surface area contributed by atoms with Crippen molar-refractivity contribution in [1.82, 2.24) is 4.90 Å². The number of carboxylic acid groups (broad SMARTS) is 1. The molecule has 2 aliphatic heterocycles. The molecule has 0 bridgehead atoms. The summed E-state index contributed by atoms with van der Waals surface area (Å²) in [5.74, 6) is 0. The van der Waals surface area contributed by atoms with Crippen molar-refractivity contribution in [3.8, 4) is 0 Å². The van der Waals surface area contributed by atoms with Gasteiger partial charge in [-0.15, -0.1) is 0 Å². The highest BCUT2D eigenvalue weighted by Gasteiger charge is 2.45. The van der Waals surface area contributed by atoms with Gasteiger partial charge < -0.3 is 14.7 Å². The number of nitrogens with zero attached hydrogens (tertiary/aromatic N) is 1. The molecule has 1 amide bonds. The summed E-state index contributed by atoms with van der Waals surface area (Å²) < 4.78 is 35.9. The Morgan fingerprint density at radius 1 is 1.29 bits per heavy atom. The van der Waals surface area contributed by atoms with E-state index in [1.807, 2.05) is 6.92 Å². The second-order valence-corrected chi connectivity index (χ2v) is 8.03. The zero-order valence-electron chi connectivity index (χ0n) is 13.5. The molecule has 1 atom stereocenters. The molecule has 2 saturated heterocycles. The summed E-state index contributed by atoms with van der Waals surface area (Å²) in [6, 6.07) is 6.51. The lowest BCUT2D eigenvalue weighted by atomic mass is 9.88. The molecule has 2 aliphatic rings. The summed E-state index contributed by atoms with van der Waals surface area (Å²) in [7, 11) is -3.82. The number of carbonyl (C=O) groups is 1. The van der Waals surface area contributed by atoms with Crippen molar-refractivity contribution >= 4 is 16.2 Å². The molecule has 2 fully saturated rings. The Labute approximate surface area is 141 Å². The normalized spacial score (nSPS) is 23.5. The molecule has 2 heterocycles. The fourth-order valence-electron chi connectivity index (χ4n) is 3.26. The van der Waals surface area contributed by atoms with E-state index in [1.165, 1.54) is 17.0 Å². The van der Waals surface area contributed by atoms with E-state index >= 15 is 0 Å². The monoisotopic (exact) mass is 355 g/mol. The van der Waals surface area contributed by atoms with Gasteiger partial charge in [0.15, 0.2) is 0 Å². The average molecular weight is 355 g/mol. The average Bonchev–Trinajstić information content (AvgIpc) is 2.90. The maximum absolute atomic E-state index is 12.3. The third-order valence-corrected chi connectivity index (χ3v) is 6.07. The third-order valence-electron chi connectivity index (χ3n) is 4.69. The second-order valence-electron chi connectivity index (χ2n) is 6.45. The summed E-state index contributed by atoms with van der Waals surface area (Å²) >= 11 is 0. The zero-order valence-corrected chi connectivity index (χ0v) is 14.3. The van der Waals surface area contributed by atoms with Gasteiger partial charge >= 0.3 is 6.09 Å². The van der Waals surface area contributed by atoms with Crippen molar-refractivity contribution in [1.29, 1.82) is 0 Å². The Kier molecular flexibility index (Phi) is 4.54. The molecule has 1 aromatic rings. The van der Waals surface area contributed by atoms with Crippen LogP contribution in [0.1, 0.15) is 24.8 Å². The highest BCUT2D eigenvalue weighted by atomic mass is 32.2. The van der Waals surface area contributed by atoms with E-state index in [4.69, 9.17) is 14.0 Å². The van der Waals surface area contributed by atoms with Gasteiger partial charge in [-0.25, -0.2) is 4.79 Å². The third kappa shape index (κ3) is 3.55. The van der Waals surface area contributed by atoms with Crippen molar-refractivity contribution in [2.24, 2.45) is 0 Å². The van der Waals surface area contributed by atoms with Gasteiger partial charge in [-0.1, -0.05) is 17.7 Å². The van der Waals surface area contributed by atoms with E-state index in [2.05, 4.69) is 0 Å². The molecule has 0 saturated carbocycles. The largest absolute Gasteiger partial charge is 0.465 e. The van der Waals surface area contributed by atoms with E-state index < -0.39 is 27.9 Å². The lowest BCUT2D eigenvalue weighted by Gasteiger charge is -2.37. The molecule has 1 N–H and O–H groups in total. The van der Waals surface area contributed by atoms with Gasteiger partial charge in [0.05, 0.1) is 17.1 Å². The first-order valence-corrected chi connectivity index (χ1v) is 9.32. The van der Waals surface area contributed by atoms with Gasteiger partial charge in [0, 0.05) is 19.5 Å². The molecule has 0 radical (unpaired) electrons. The molecule has 132 valence electrons. The minimum atomic E-state index is -3.82. The summed E-state index contributed by atoms with van der Waals surface area (Å²) in [4.78, 5) is 12.5. The SMILES string of the molecule is Cc1ccc(S(=O)(=O)O[C@@H]2COC3(CCN(C(=O)O)CC3)C2)cc1. The lowest BCUT2D eigenvalue weighted by molar-refractivity contribution is -0.0401. The van der Waals surface area contributed by atoms with Gasteiger partial charge in [0.1, 0.15) is 6.10 Å². The first-order valence-electron chi connectivity index (χ1n) is 7.91. The first-order chi connectivity index (χ1) is 11.3. The van der Waals surface area contributed by atoms with Crippen LogP contribution in [-0.4, -0.2) is 55.9 Å². The number of hydrogen-bond acceptors (Lipinski definition) is 5. The molecule has 0 aliphatic carbocycles. The standard InChI is InChI=1S/C16H21NO6S/c1-12-2-4-14(5-3-12)24(20,21)23-13-10-16(22-11-13)6-8-17(9-7-16)15(18)19/h2-5,13H,6-11H2,1H3,(H,18,19)/t13-/m0/s1. The van der Waals surface area contributed by atoms with Crippen molar-refractivity contribution in [3.63, 3.8) is 0 Å². The van der Waals surface area contributed by atoms with Gasteiger partial charge in [-0.05, 0) is 31.9 Å². The Balaban J connectivity index is 1.62. The van der Waals surface area contributed by atoms with Crippen LogP contribution in [0.25, 0.3) is 0 Å². The van der Waals surface area contributed by atoms with Gasteiger partial charge in [0.2, 0.25) is 0 Å². The predicted molar refractivity (Wildman–Crippen MR) is 85.4 cm³/mol. The molecule has 8 heteroatoms. The van der Waals surface area contributed by atoms with E-state index in [-0.39, 0.29) is 11.5 Å². The van der Waals surface area contributed by atoms with Gasteiger partial charge in [0.25, 0.3) is 10.1 Å². The van der Waals surface area contributed by atoms with Crippen LogP contribution in [0.2, 0.25) is 0 Å². The molecule has 1 aromatic carbocycles. The number of piperidine rings is 1. The van der Waals surface area contributed by atoms with Crippen molar-refractivity contribution in [3.05, 3.63) is 29.8 Å². The molecule has 24 heavy (non-hydrogen) atoms. The van der Waals surface area contributed by atoms with Crippen LogP contribution in [0.4, 0.5) is 4.79 Å². The Bertz CT molecular complexity index is 707. The Morgan fingerprint density at radius 2 is 1.92 bits per heavy atom. The van der Waals surface area contributed by atoms with Gasteiger partial charge in [-0.2, -0.15) is 8.42 Å². The highest BCUT2D eigenvalue weighted by Crippen LogP contribution is 2.37. The van der Waals surface area contributed by atoms with Crippen LogP contribution in [0.15, 0.2) is 29.2 Å². The van der Waals surface area contributed by atoms with Crippen molar-refractivity contribution in [2.45, 2.75) is 42.8 Å². The van der Waals surface area contributed by atoms with E-state index in [9.17, 15) is 13.2 Å². The van der Waals surface area contributed by atoms with Crippen LogP contribution in [0.5, 0.6) is 0 Å². The molecule has 7 nitrogen and oxygen atoms in total. The molecular weight excluding hydrogens is 334 g/mol. The highest BCUT2D eigenvalue weighted by molar-refractivity contribution is 7.86. The van der Waals surface area contributed by atoms with Crippen molar-refractivity contribution in [2.75, 3.05) is 19.7 Å². The molecule has 3 rings (SSSR count). The lowest BCUT2D eigenvalue weighted by Crippen LogP contribution is -2.46. The summed E-state index contributed by atoms with van der Waals surface area (Å²) in [6.07, 6.45) is 0.115. The quantitative estimate of drug-likeness (QED) is 0.834. The maximum Gasteiger partial charge on any atom is 0.407 e. The number of aryl methyl sites for hydroxylation is 1. The van der Waals surface area contributed by atoms with Crippen LogP contribution in [0, 0.1) is 6.92 Å². The van der Waals surface area contributed by atoms with Gasteiger partial charge in [-0.3, -0.25) is 4.18 Å². The topological polar surface area (TPSA) is 93.1 Å². The van der Waals surface area contributed by atoms with E-state index in [0.717, 1.165) is 5.56 Å². The fourth-order valence-corrected chi connectivity index (χ4v) is 4.32. The number of rotatable bonds is 3. The van der Waals surface area contributed by atoms with Crippen LogP contribution in [-0.2, 0) is 19.0 Å². The molecule has 1 spiro atoms. The first kappa shape index (κ1) is 17.2. The van der Waals surface area contributed by atoms with E-state index in [1.54, 1.807) is 12.1 Å². The Hall–Kier alpha value is -1.64. The number of amides is 1. The molecule has 0 aromatic heterocycles. The maximum atomic E-state index is 12.3. The Morgan fingerprint density at radius 3 is 2.50 bits per heavy atom. The number of ether oxygens (including phenoxy) is 1. The second kappa shape index (κ2) is 6.34. The molecular formula is C16H21NO6S. The van der Waals surface area contributed by atoms with Crippen molar-refractivity contribution < 1.29 is 27.2 Å². The number of benzene rings is 1. The number of likely N-dealkylation sites (tertiary alicyclic amines) is 1. The summed E-state index contributed by atoms with van der Waals surface area (Å²) in [6.45, 7) is 2.88. The summed E-state index contributed by atoms with van der Waals surface area (Å²) in [5, 5.41) is 9.00. The predicted octanol–water partition coefficient (Wildman–Crippen LogP) is 2.00. The van der Waals surface area contributed by atoms with Crippen LogP contribution in [0.3, 0.4) is 0 Å². The molecule has 0 unspecified atom stereocenters. The minimum Gasteiger partial charge on any atom is -0.465 e. The smallest absolute Gasteiger partial charge is 0.407 e. The van der Waals surface area contributed by atoms with E-state index in [0.29, 0.717) is 32.4 Å². The zero-order chi connectivity index (χ0) is 17.4. The number of hydrogen-bond donors (Lipinski definition) is 1. The van der Waals surface area contributed by atoms with Crippen LogP contribution >= 0.6 is 0 Å². The summed E-state index contributed by atoms with van der Waals surface area (Å²) in [5.41, 5.74) is 0.502. The fraction of sp³-hybridized carbons (Fsp3) is 0.562.